The molecule has 0 aliphatic carbocycles. The second-order valence-corrected chi connectivity index (χ2v) is 4.93. The van der Waals surface area contributed by atoms with Gasteiger partial charge in [-0.2, -0.15) is 0 Å². The van der Waals surface area contributed by atoms with Crippen molar-refractivity contribution in [2.75, 3.05) is 20.2 Å². The zero-order chi connectivity index (χ0) is 13.7. The molecule has 0 aromatic heterocycles. The standard InChI is InChI=1S/C15H22N2O2/c1-3-14(11-4-6-13(19-2)7-5-11)17-15(18)12-8-9-16-10-12/h4-7,12,14,16H,3,8-10H2,1-2H3,(H,17,18). The lowest BCUT2D eigenvalue weighted by Gasteiger charge is -2.20. The molecule has 1 aliphatic rings. The van der Waals surface area contributed by atoms with Crippen molar-refractivity contribution in [3.63, 3.8) is 0 Å². The molecule has 1 heterocycles. The van der Waals surface area contributed by atoms with Crippen molar-refractivity contribution in [2.24, 2.45) is 5.92 Å². The molecule has 0 saturated carbocycles. The molecule has 0 spiro atoms. The van der Waals surface area contributed by atoms with Crippen LogP contribution in [0.1, 0.15) is 31.4 Å². The Bertz CT molecular complexity index is 411. The Kier molecular flexibility index (Phi) is 4.80. The van der Waals surface area contributed by atoms with Crippen LogP contribution in [0.3, 0.4) is 0 Å². The summed E-state index contributed by atoms with van der Waals surface area (Å²) in [4.78, 5) is 12.1. The van der Waals surface area contributed by atoms with Crippen LogP contribution in [0.5, 0.6) is 5.75 Å². The van der Waals surface area contributed by atoms with Crippen LogP contribution < -0.4 is 15.4 Å². The average molecular weight is 262 g/mol. The van der Waals surface area contributed by atoms with Crippen molar-refractivity contribution < 1.29 is 9.53 Å². The van der Waals surface area contributed by atoms with E-state index in [4.69, 9.17) is 4.74 Å². The van der Waals surface area contributed by atoms with E-state index in [9.17, 15) is 4.79 Å². The van der Waals surface area contributed by atoms with Crippen molar-refractivity contribution in [1.29, 1.82) is 0 Å². The Morgan fingerprint density at radius 3 is 2.74 bits per heavy atom. The van der Waals surface area contributed by atoms with Crippen LogP contribution in [-0.4, -0.2) is 26.1 Å². The van der Waals surface area contributed by atoms with E-state index in [2.05, 4.69) is 17.6 Å². The van der Waals surface area contributed by atoms with E-state index in [1.807, 2.05) is 24.3 Å². The van der Waals surface area contributed by atoms with E-state index in [-0.39, 0.29) is 17.9 Å². The van der Waals surface area contributed by atoms with Gasteiger partial charge in [-0.25, -0.2) is 0 Å². The molecular formula is C15H22N2O2. The molecule has 19 heavy (non-hydrogen) atoms. The van der Waals surface area contributed by atoms with Crippen molar-refractivity contribution >= 4 is 5.91 Å². The second kappa shape index (κ2) is 6.57. The normalized spacial score (nSPS) is 20.0. The molecular weight excluding hydrogens is 240 g/mol. The summed E-state index contributed by atoms with van der Waals surface area (Å²) in [7, 11) is 1.65. The van der Waals surface area contributed by atoms with Crippen LogP contribution in [-0.2, 0) is 4.79 Å². The van der Waals surface area contributed by atoms with Gasteiger partial charge in [0.15, 0.2) is 0 Å². The molecule has 104 valence electrons. The van der Waals surface area contributed by atoms with Crippen molar-refractivity contribution in [3.05, 3.63) is 29.8 Å². The van der Waals surface area contributed by atoms with Crippen molar-refractivity contribution in [2.45, 2.75) is 25.8 Å². The number of ether oxygens (including phenoxy) is 1. The predicted molar refractivity (Wildman–Crippen MR) is 75.1 cm³/mol. The summed E-state index contributed by atoms with van der Waals surface area (Å²) in [6, 6.07) is 7.97. The number of benzene rings is 1. The highest BCUT2D eigenvalue weighted by Crippen LogP contribution is 2.21. The lowest BCUT2D eigenvalue weighted by atomic mass is 10.0. The molecule has 0 bridgehead atoms. The molecule has 4 heteroatoms. The second-order valence-electron chi connectivity index (χ2n) is 4.93. The first-order valence-corrected chi connectivity index (χ1v) is 6.89. The van der Waals surface area contributed by atoms with E-state index in [1.54, 1.807) is 7.11 Å². The first kappa shape index (κ1) is 13.9. The molecule has 4 nitrogen and oxygen atoms in total. The highest BCUT2D eigenvalue weighted by atomic mass is 16.5. The van der Waals surface area contributed by atoms with Gasteiger partial charge in [0, 0.05) is 6.54 Å². The van der Waals surface area contributed by atoms with Crippen LogP contribution in [0.15, 0.2) is 24.3 Å². The third-order valence-electron chi connectivity index (χ3n) is 3.67. The van der Waals surface area contributed by atoms with E-state index in [0.717, 1.165) is 37.2 Å². The summed E-state index contributed by atoms with van der Waals surface area (Å²) in [6.45, 7) is 3.82. The number of hydrogen-bond donors (Lipinski definition) is 2. The smallest absolute Gasteiger partial charge is 0.224 e. The third kappa shape index (κ3) is 3.47. The minimum atomic E-state index is 0.0824. The van der Waals surface area contributed by atoms with E-state index < -0.39 is 0 Å². The van der Waals surface area contributed by atoms with E-state index >= 15 is 0 Å². The number of carbonyl (C=O) groups is 1. The molecule has 1 aliphatic heterocycles. The van der Waals surface area contributed by atoms with Gasteiger partial charge in [0.1, 0.15) is 5.75 Å². The third-order valence-corrected chi connectivity index (χ3v) is 3.67. The van der Waals surface area contributed by atoms with Crippen molar-refractivity contribution in [1.82, 2.24) is 10.6 Å². The molecule has 2 rings (SSSR count). The summed E-state index contributed by atoms with van der Waals surface area (Å²) in [5.74, 6) is 1.12. The summed E-state index contributed by atoms with van der Waals surface area (Å²) < 4.78 is 5.15. The molecule has 1 amide bonds. The summed E-state index contributed by atoms with van der Waals surface area (Å²) in [6.07, 6.45) is 1.82. The average Bonchev–Trinajstić information content (AvgIpc) is 2.99. The van der Waals surface area contributed by atoms with Crippen LogP contribution in [0.2, 0.25) is 0 Å². The van der Waals surface area contributed by atoms with Gasteiger partial charge < -0.3 is 15.4 Å². The zero-order valence-electron chi connectivity index (χ0n) is 11.6. The van der Waals surface area contributed by atoms with Gasteiger partial charge in [0.2, 0.25) is 5.91 Å². The number of hydrogen-bond acceptors (Lipinski definition) is 3. The minimum absolute atomic E-state index is 0.0824. The highest BCUT2D eigenvalue weighted by molar-refractivity contribution is 5.79. The summed E-state index contributed by atoms with van der Waals surface area (Å²) in [5, 5.41) is 6.36. The topological polar surface area (TPSA) is 50.4 Å². The monoisotopic (exact) mass is 262 g/mol. The Labute approximate surface area is 114 Å². The molecule has 2 N–H and O–H groups in total. The van der Waals surface area contributed by atoms with Crippen LogP contribution in [0, 0.1) is 5.92 Å². The molecule has 1 aromatic rings. The van der Waals surface area contributed by atoms with Gasteiger partial charge in [0.25, 0.3) is 0 Å². The number of nitrogens with one attached hydrogen (secondary N) is 2. The molecule has 1 saturated heterocycles. The largest absolute Gasteiger partial charge is 0.497 e. The van der Waals surface area contributed by atoms with Gasteiger partial charge in [-0.15, -0.1) is 0 Å². The number of methoxy groups -OCH3 is 1. The van der Waals surface area contributed by atoms with Gasteiger partial charge in [-0.1, -0.05) is 19.1 Å². The van der Waals surface area contributed by atoms with Gasteiger partial charge in [0.05, 0.1) is 19.1 Å². The molecule has 1 aromatic carbocycles. The van der Waals surface area contributed by atoms with Crippen LogP contribution >= 0.6 is 0 Å². The lowest BCUT2D eigenvalue weighted by Crippen LogP contribution is -2.34. The number of carbonyl (C=O) groups excluding carboxylic acids is 1. The lowest BCUT2D eigenvalue weighted by molar-refractivity contribution is -0.125. The minimum Gasteiger partial charge on any atom is -0.497 e. The Morgan fingerprint density at radius 1 is 1.47 bits per heavy atom. The Balaban J connectivity index is 2.00. The summed E-state index contributed by atoms with van der Waals surface area (Å²) in [5.41, 5.74) is 1.13. The SMILES string of the molecule is CCC(NC(=O)C1CCNC1)c1ccc(OC)cc1. The first-order valence-electron chi connectivity index (χ1n) is 6.89. The number of amides is 1. The Hall–Kier alpha value is -1.55. The maximum atomic E-state index is 12.1. The maximum absolute atomic E-state index is 12.1. The van der Waals surface area contributed by atoms with Gasteiger partial charge >= 0.3 is 0 Å². The van der Waals surface area contributed by atoms with Gasteiger partial charge in [-0.05, 0) is 37.1 Å². The van der Waals surface area contributed by atoms with Crippen LogP contribution in [0.25, 0.3) is 0 Å². The molecule has 1 fully saturated rings. The first-order chi connectivity index (χ1) is 9.24. The quantitative estimate of drug-likeness (QED) is 0.851. The summed E-state index contributed by atoms with van der Waals surface area (Å²) >= 11 is 0. The maximum Gasteiger partial charge on any atom is 0.224 e. The highest BCUT2D eigenvalue weighted by Gasteiger charge is 2.24. The number of rotatable bonds is 5. The predicted octanol–water partition coefficient (Wildman–Crippen LogP) is 1.87. The zero-order valence-corrected chi connectivity index (χ0v) is 11.6. The molecule has 2 unspecified atom stereocenters. The fraction of sp³-hybridized carbons (Fsp3) is 0.533. The van der Waals surface area contributed by atoms with E-state index in [1.165, 1.54) is 0 Å². The fourth-order valence-corrected chi connectivity index (χ4v) is 2.43. The molecule has 0 radical (unpaired) electrons. The van der Waals surface area contributed by atoms with Crippen molar-refractivity contribution in [3.8, 4) is 5.75 Å². The fourth-order valence-electron chi connectivity index (χ4n) is 2.43. The van der Waals surface area contributed by atoms with Crippen LogP contribution in [0.4, 0.5) is 0 Å². The molecule has 2 atom stereocenters. The van der Waals surface area contributed by atoms with Gasteiger partial charge in [-0.3, -0.25) is 4.79 Å². The Morgan fingerprint density at radius 2 is 2.21 bits per heavy atom. The van der Waals surface area contributed by atoms with E-state index in [0.29, 0.717) is 0 Å².